The molecule has 1 unspecified atom stereocenters. The van der Waals surface area contributed by atoms with Gasteiger partial charge in [0.25, 0.3) is 5.91 Å². The van der Waals surface area contributed by atoms with Gasteiger partial charge in [-0.2, -0.15) is 0 Å². The molecule has 5 nitrogen and oxygen atoms in total. The van der Waals surface area contributed by atoms with Crippen LogP contribution in [0.1, 0.15) is 12.0 Å². The molecule has 1 aliphatic rings. The number of nitrogens with zero attached hydrogens (tertiary/aromatic N) is 1. The zero-order valence-electron chi connectivity index (χ0n) is 13.8. The van der Waals surface area contributed by atoms with Crippen molar-refractivity contribution in [3.8, 4) is 5.75 Å². The van der Waals surface area contributed by atoms with E-state index in [1.807, 2.05) is 0 Å². The maximum Gasteiger partial charge on any atom is 0.260 e. The molecule has 25 heavy (non-hydrogen) atoms. The number of likely N-dealkylation sites (tertiary alicyclic amines) is 1. The van der Waals surface area contributed by atoms with Crippen molar-refractivity contribution in [2.24, 2.45) is 0 Å². The number of benzene rings is 2. The van der Waals surface area contributed by atoms with Gasteiger partial charge in [0, 0.05) is 19.1 Å². The van der Waals surface area contributed by atoms with Gasteiger partial charge in [-0.25, -0.2) is 4.39 Å². The van der Waals surface area contributed by atoms with Crippen molar-refractivity contribution >= 4 is 11.6 Å². The summed E-state index contributed by atoms with van der Waals surface area (Å²) in [6, 6.07) is 13.5. The number of halogens is 1. The lowest BCUT2D eigenvalue weighted by Gasteiger charge is -2.18. The third-order valence-electron chi connectivity index (χ3n) is 4.24. The van der Waals surface area contributed by atoms with Crippen LogP contribution in [0.25, 0.3) is 0 Å². The van der Waals surface area contributed by atoms with Crippen LogP contribution in [-0.4, -0.2) is 41.7 Å². The van der Waals surface area contributed by atoms with Gasteiger partial charge in [0.05, 0.1) is 12.3 Å². The van der Waals surface area contributed by atoms with Crippen molar-refractivity contribution in [2.75, 3.05) is 25.0 Å². The molecule has 6 heteroatoms. The minimum Gasteiger partial charge on any atom is -0.484 e. The van der Waals surface area contributed by atoms with Crippen LogP contribution in [0.3, 0.4) is 0 Å². The fraction of sp³-hybridized carbons (Fsp3) is 0.316. The van der Waals surface area contributed by atoms with Crippen molar-refractivity contribution in [3.05, 3.63) is 59.9 Å². The van der Waals surface area contributed by atoms with Crippen LogP contribution >= 0.6 is 0 Å². The van der Waals surface area contributed by atoms with Gasteiger partial charge in [-0.15, -0.1) is 0 Å². The summed E-state index contributed by atoms with van der Waals surface area (Å²) < 4.78 is 19.2. The van der Waals surface area contributed by atoms with Gasteiger partial charge in [0.15, 0.2) is 6.61 Å². The molecule has 2 aromatic carbocycles. The van der Waals surface area contributed by atoms with Gasteiger partial charge in [0.1, 0.15) is 11.6 Å². The van der Waals surface area contributed by atoms with Crippen LogP contribution in [0.5, 0.6) is 5.75 Å². The summed E-state index contributed by atoms with van der Waals surface area (Å²) >= 11 is 0. The molecule has 0 bridgehead atoms. The molecule has 2 aromatic rings. The largest absolute Gasteiger partial charge is 0.484 e. The lowest BCUT2D eigenvalue weighted by Crippen LogP contribution is -2.35. The highest BCUT2D eigenvalue weighted by Gasteiger charge is 2.26. The fourth-order valence-electron chi connectivity index (χ4n) is 2.83. The van der Waals surface area contributed by atoms with E-state index in [-0.39, 0.29) is 31.0 Å². The second-order valence-corrected chi connectivity index (χ2v) is 6.04. The summed E-state index contributed by atoms with van der Waals surface area (Å²) in [4.78, 5) is 14.0. The number of carbonyl (C=O) groups is 1. The third kappa shape index (κ3) is 4.48. The number of hydrogen-bond acceptors (Lipinski definition) is 4. The van der Waals surface area contributed by atoms with Gasteiger partial charge in [-0.3, -0.25) is 4.79 Å². The van der Waals surface area contributed by atoms with Gasteiger partial charge in [0.2, 0.25) is 0 Å². The Morgan fingerprint density at radius 1 is 1.24 bits per heavy atom. The Bertz CT molecular complexity index is 721. The maximum absolute atomic E-state index is 13.7. The number of anilines is 1. The number of nitrogens with one attached hydrogen (secondary N) is 1. The van der Waals surface area contributed by atoms with Gasteiger partial charge >= 0.3 is 0 Å². The Labute approximate surface area is 146 Å². The lowest BCUT2D eigenvalue weighted by molar-refractivity contribution is -0.132. The van der Waals surface area contributed by atoms with Crippen molar-refractivity contribution < 1.29 is 19.0 Å². The molecule has 0 spiro atoms. The Morgan fingerprint density at radius 3 is 2.72 bits per heavy atom. The van der Waals surface area contributed by atoms with Crippen molar-refractivity contribution in [3.63, 3.8) is 0 Å². The molecule has 1 fully saturated rings. The number of hydrogen-bond donors (Lipinski definition) is 2. The SMILES string of the molecule is O=C(COc1ccc(CO)cc1)N1CCC(Nc2ccccc2F)C1. The zero-order chi connectivity index (χ0) is 17.6. The Hall–Kier alpha value is -2.60. The van der Waals surface area contributed by atoms with Gasteiger partial charge in [-0.05, 0) is 36.2 Å². The summed E-state index contributed by atoms with van der Waals surface area (Å²) in [6.45, 7) is 1.09. The molecule has 2 N–H and O–H groups in total. The molecule has 0 radical (unpaired) electrons. The summed E-state index contributed by atoms with van der Waals surface area (Å²) in [6.07, 6.45) is 0.769. The molecular weight excluding hydrogens is 323 g/mol. The monoisotopic (exact) mass is 344 g/mol. The Balaban J connectivity index is 1.48. The molecule has 1 atom stereocenters. The van der Waals surface area contributed by atoms with E-state index in [1.54, 1.807) is 47.4 Å². The van der Waals surface area contributed by atoms with Crippen molar-refractivity contribution in [1.29, 1.82) is 0 Å². The van der Waals surface area contributed by atoms with E-state index in [9.17, 15) is 9.18 Å². The normalized spacial score (nSPS) is 16.7. The smallest absolute Gasteiger partial charge is 0.260 e. The van der Waals surface area contributed by atoms with Crippen molar-refractivity contribution in [2.45, 2.75) is 19.1 Å². The van der Waals surface area contributed by atoms with Crippen LogP contribution in [0.4, 0.5) is 10.1 Å². The standard InChI is InChI=1S/C19H21FN2O3/c20-17-3-1-2-4-18(17)21-15-9-10-22(11-15)19(24)13-25-16-7-5-14(12-23)6-8-16/h1-8,15,21,23H,9-13H2. The highest BCUT2D eigenvalue weighted by Crippen LogP contribution is 2.19. The molecular formula is C19H21FN2O3. The average molecular weight is 344 g/mol. The van der Waals surface area contributed by atoms with E-state index in [4.69, 9.17) is 9.84 Å². The number of rotatable bonds is 6. The maximum atomic E-state index is 13.7. The highest BCUT2D eigenvalue weighted by atomic mass is 19.1. The van der Waals surface area contributed by atoms with E-state index in [0.717, 1.165) is 12.0 Å². The number of para-hydroxylation sites is 1. The van der Waals surface area contributed by atoms with Crippen LogP contribution in [0.15, 0.2) is 48.5 Å². The number of amides is 1. The van der Waals surface area contributed by atoms with E-state index < -0.39 is 0 Å². The van der Waals surface area contributed by atoms with E-state index in [0.29, 0.717) is 24.5 Å². The number of ether oxygens (including phenoxy) is 1. The first-order valence-corrected chi connectivity index (χ1v) is 8.27. The summed E-state index contributed by atoms with van der Waals surface area (Å²) in [5, 5.41) is 12.2. The fourth-order valence-corrected chi connectivity index (χ4v) is 2.83. The number of aliphatic hydroxyl groups excluding tert-OH is 1. The molecule has 0 aliphatic carbocycles. The van der Waals surface area contributed by atoms with E-state index in [2.05, 4.69) is 5.32 Å². The highest BCUT2D eigenvalue weighted by molar-refractivity contribution is 5.78. The first-order valence-electron chi connectivity index (χ1n) is 8.27. The predicted octanol–water partition coefficient (Wildman–Crippen LogP) is 2.41. The first kappa shape index (κ1) is 17.2. The zero-order valence-corrected chi connectivity index (χ0v) is 13.8. The summed E-state index contributed by atoms with van der Waals surface area (Å²) in [7, 11) is 0. The number of carbonyl (C=O) groups excluding carboxylic acids is 1. The van der Waals surface area contributed by atoms with Crippen LogP contribution in [0, 0.1) is 5.82 Å². The minimum absolute atomic E-state index is 0.0244. The van der Waals surface area contributed by atoms with Crippen LogP contribution in [-0.2, 0) is 11.4 Å². The second-order valence-electron chi connectivity index (χ2n) is 6.04. The summed E-state index contributed by atoms with van der Waals surface area (Å²) in [5.41, 5.74) is 1.25. The van der Waals surface area contributed by atoms with Gasteiger partial charge < -0.3 is 20.1 Å². The Kier molecular flexibility index (Phi) is 5.50. The van der Waals surface area contributed by atoms with E-state index >= 15 is 0 Å². The third-order valence-corrected chi connectivity index (χ3v) is 4.24. The van der Waals surface area contributed by atoms with Crippen LogP contribution < -0.4 is 10.1 Å². The number of aliphatic hydroxyl groups is 1. The van der Waals surface area contributed by atoms with Crippen LogP contribution in [0.2, 0.25) is 0 Å². The molecule has 0 aromatic heterocycles. The Morgan fingerprint density at radius 2 is 2.00 bits per heavy atom. The predicted molar refractivity (Wildman–Crippen MR) is 92.9 cm³/mol. The topological polar surface area (TPSA) is 61.8 Å². The van der Waals surface area contributed by atoms with Gasteiger partial charge in [-0.1, -0.05) is 24.3 Å². The molecule has 1 heterocycles. The summed E-state index contributed by atoms with van der Waals surface area (Å²) in [5.74, 6) is 0.205. The minimum atomic E-state index is -0.290. The second kappa shape index (κ2) is 7.98. The molecule has 1 saturated heterocycles. The molecule has 3 rings (SSSR count). The molecule has 1 aliphatic heterocycles. The van der Waals surface area contributed by atoms with E-state index in [1.165, 1.54) is 6.07 Å². The van der Waals surface area contributed by atoms with Crippen molar-refractivity contribution in [1.82, 2.24) is 4.90 Å². The lowest BCUT2D eigenvalue weighted by atomic mass is 10.2. The molecule has 132 valence electrons. The average Bonchev–Trinajstić information content (AvgIpc) is 3.11. The molecule has 1 amide bonds. The molecule has 0 saturated carbocycles. The first-order chi connectivity index (χ1) is 12.2. The quantitative estimate of drug-likeness (QED) is 0.845.